The highest BCUT2D eigenvalue weighted by atomic mass is 16.4. The number of aliphatic carboxylic acids is 2. The second kappa shape index (κ2) is 13.0. The van der Waals surface area contributed by atoms with Crippen LogP contribution in [0.1, 0.15) is 25.7 Å². The van der Waals surface area contributed by atoms with Gasteiger partial charge in [0.1, 0.15) is 12.1 Å². The highest BCUT2D eigenvalue weighted by molar-refractivity contribution is 5.73. The van der Waals surface area contributed by atoms with Crippen molar-refractivity contribution >= 4 is 11.9 Å². The highest BCUT2D eigenvalue weighted by Gasteiger charge is 2.12. The molecule has 0 saturated carbocycles. The average molecular weight is 316 g/mol. The minimum Gasteiger partial charge on any atom is -0.480 e. The van der Waals surface area contributed by atoms with Crippen LogP contribution in [-0.4, -0.2) is 46.3 Å². The number of nitrogens with two attached hydrogens (primary N) is 4. The molecule has 0 fully saturated rings. The minimum absolute atomic E-state index is 0.152. The quantitative estimate of drug-likeness (QED) is 0.289. The van der Waals surface area contributed by atoms with Crippen molar-refractivity contribution in [3.05, 3.63) is 25.3 Å². The van der Waals surface area contributed by atoms with E-state index in [0.717, 1.165) is 0 Å². The Bertz CT molecular complexity index is 329. The molecule has 0 aliphatic heterocycles. The molecule has 0 aromatic rings. The van der Waals surface area contributed by atoms with Gasteiger partial charge < -0.3 is 33.1 Å². The van der Waals surface area contributed by atoms with Crippen LogP contribution in [0.15, 0.2) is 25.3 Å². The van der Waals surface area contributed by atoms with Crippen LogP contribution in [0.2, 0.25) is 0 Å². The van der Waals surface area contributed by atoms with Gasteiger partial charge in [-0.1, -0.05) is 12.2 Å². The summed E-state index contributed by atoms with van der Waals surface area (Å²) in [6.07, 6.45) is 5.07. The van der Waals surface area contributed by atoms with Crippen molar-refractivity contribution in [3.63, 3.8) is 0 Å². The summed E-state index contributed by atoms with van der Waals surface area (Å²) < 4.78 is 0. The normalized spacial score (nSPS) is 15.5. The average Bonchev–Trinajstić information content (AvgIpc) is 2.49. The van der Waals surface area contributed by atoms with E-state index in [-0.39, 0.29) is 12.1 Å². The molecule has 0 saturated heterocycles. The van der Waals surface area contributed by atoms with Crippen LogP contribution in [-0.2, 0) is 9.59 Å². The minimum atomic E-state index is -0.985. The van der Waals surface area contributed by atoms with E-state index in [1.807, 2.05) is 0 Å². The number of carboxylic acid groups (broad SMARTS) is 2. The third kappa shape index (κ3) is 13.3. The zero-order valence-corrected chi connectivity index (χ0v) is 12.7. The summed E-state index contributed by atoms with van der Waals surface area (Å²) in [7, 11) is 0. The van der Waals surface area contributed by atoms with Gasteiger partial charge >= 0.3 is 11.9 Å². The molecule has 0 radical (unpaired) electrons. The van der Waals surface area contributed by atoms with Gasteiger partial charge in [0.15, 0.2) is 0 Å². The fraction of sp³-hybridized carbons (Fsp3) is 0.571. The van der Waals surface area contributed by atoms with E-state index < -0.39 is 24.0 Å². The number of hydrogen-bond donors (Lipinski definition) is 6. The van der Waals surface area contributed by atoms with Gasteiger partial charge in [0.05, 0.1) is 0 Å². The first-order chi connectivity index (χ1) is 10.1. The molecule has 0 aliphatic rings. The zero-order valence-electron chi connectivity index (χ0n) is 12.7. The summed E-state index contributed by atoms with van der Waals surface area (Å²) in [5, 5.41) is 16.8. The van der Waals surface area contributed by atoms with Crippen molar-refractivity contribution in [1.29, 1.82) is 0 Å². The zero-order chi connectivity index (χ0) is 17.7. The Kier molecular flexibility index (Phi) is 13.3. The molecule has 0 heterocycles. The first-order valence-electron chi connectivity index (χ1n) is 6.88. The van der Waals surface area contributed by atoms with Gasteiger partial charge in [-0.05, 0) is 25.7 Å². The predicted octanol–water partition coefficient (Wildman–Crippen LogP) is -0.616. The summed E-state index contributed by atoms with van der Waals surface area (Å²) >= 11 is 0. The molecule has 0 aromatic heterocycles. The molecule has 8 nitrogen and oxygen atoms in total. The third-order valence-electron chi connectivity index (χ3n) is 2.86. The maximum atomic E-state index is 10.2. The van der Waals surface area contributed by atoms with Gasteiger partial charge in [0, 0.05) is 12.1 Å². The largest absolute Gasteiger partial charge is 0.480 e. The molecule has 0 bridgehead atoms. The molecule has 0 rings (SSSR count). The van der Waals surface area contributed by atoms with Gasteiger partial charge in [-0.3, -0.25) is 9.59 Å². The van der Waals surface area contributed by atoms with Crippen molar-refractivity contribution in [2.75, 3.05) is 0 Å². The standard InChI is InChI=1S/2C7H14N2O2/c2*1-2-5(8)3-4-6(9)7(10)11/h2*2,5-6H,1,3-4,8-9H2,(H,10,11)/t5?,6-;/m0./s1. The van der Waals surface area contributed by atoms with Gasteiger partial charge in [0.25, 0.3) is 0 Å². The summed E-state index contributed by atoms with van der Waals surface area (Å²) in [6.45, 7) is 6.94. The van der Waals surface area contributed by atoms with Gasteiger partial charge in [-0.15, -0.1) is 13.2 Å². The Morgan fingerprint density at radius 2 is 1.05 bits per heavy atom. The molecule has 10 N–H and O–H groups in total. The van der Waals surface area contributed by atoms with E-state index in [1.54, 1.807) is 12.2 Å². The fourth-order valence-electron chi connectivity index (χ4n) is 1.23. The molecule has 0 aliphatic carbocycles. The molecule has 3 unspecified atom stereocenters. The van der Waals surface area contributed by atoms with Crippen LogP contribution in [0.25, 0.3) is 0 Å². The number of carboxylic acids is 2. The van der Waals surface area contributed by atoms with Crippen LogP contribution >= 0.6 is 0 Å². The van der Waals surface area contributed by atoms with Crippen LogP contribution in [0.5, 0.6) is 0 Å². The molecule has 0 spiro atoms. The van der Waals surface area contributed by atoms with Crippen molar-refractivity contribution in [2.24, 2.45) is 22.9 Å². The van der Waals surface area contributed by atoms with E-state index in [0.29, 0.717) is 25.7 Å². The van der Waals surface area contributed by atoms with Gasteiger partial charge in [0.2, 0.25) is 0 Å². The Balaban J connectivity index is 0. The van der Waals surface area contributed by atoms with E-state index in [9.17, 15) is 9.59 Å². The van der Waals surface area contributed by atoms with Crippen LogP contribution in [0.4, 0.5) is 0 Å². The van der Waals surface area contributed by atoms with Crippen molar-refractivity contribution in [1.82, 2.24) is 0 Å². The molecule has 4 atom stereocenters. The maximum Gasteiger partial charge on any atom is 0.320 e. The summed E-state index contributed by atoms with van der Waals surface area (Å²) in [4.78, 5) is 20.4. The lowest BCUT2D eigenvalue weighted by molar-refractivity contribution is -0.139. The van der Waals surface area contributed by atoms with Crippen LogP contribution in [0, 0.1) is 0 Å². The molecular formula is C14H28N4O4. The lowest BCUT2D eigenvalue weighted by Gasteiger charge is -2.08. The topological polar surface area (TPSA) is 179 Å². The molecule has 22 heavy (non-hydrogen) atoms. The maximum absolute atomic E-state index is 10.2. The Morgan fingerprint density at radius 3 is 1.23 bits per heavy atom. The van der Waals surface area contributed by atoms with E-state index in [2.05, 4.69) is 13.2 Å². The Morgan fingerprint density at radius 1 is 0.773 bits per heavy atom. The summed E-state index contributed by atoms with van der Waals surface area (Å²) in [5.74, 6) is -1.97. The van der Waals surface area contributed by atoms with E-state index >= 15 is 0 Å². The lowest BCUT2D eigenvalue weighted by Crippen LogP contribution is -2.32. The van der Waals surface area contributed by atoms with Crippen molar-refractivity contribution in [3.8, 4) is 0 Å². The number of hydrogen-bond acceptors (Lipinski definition) is 6. The summed E-state index contributed by atoms with van der Waals surface area (Å²) in [6, 6.07) is -1.91. The highest BCUT2D eigenvalue weighted by Crippen LogP contribution is 1.99. The molecular weight excluding hydrogens is 288 g/mol. The molecule has 0 aromatic carbocycles. The van der Waals surface area contributed by atoms with Gasteiger partial charge in [-0.2, -0.15) is 0 Å². The molecule has 0 amide bonds. The first-order valence-corrected chi connectivity index (χ1v) is 6.88. The second-order valence-electron chi connectivity index (χ2n) is 4.84. The van der Waals surface area contributed by atoms with Crippen molar-refractivity contribution < 1.29 is 19.8 Å². The van der Waals surface area contributed by atoms with Crippen molar-refractivity contribution in [2.45, 2.75) is 49.9 Å². The predicted molar refractivity (Wildman–Crippen MR) is 86.0 cm³/mol. The summed E-state index contributed by atoms with van der Waals surface area (Å²) in [5.41, 5.74) is 21.4. The number of carbonyl (C=O) groups is 2. The number of rotatable bonds is 10. The van der Waals surface area contributed by atoms with Gasteiger partial charge in [-0.25, -0.2) is 0 Å². The smallest absolute Gasteiger partial charge is 0.320 e. The molecule has 8 heteroatoms. The van der Waals surface area contributed by atoms with Crippen LogP contribution < -0.4 is 22.9 Å². The Labute approximate surface area is 130 Å². The molecule has 128 valence electrons. The van der Waals surface area contributed by atoms with E-state index in [1.165, 1.54) is 0 Å². The SMILES string of the molecule is C=CC(N)CCC(N)C(=O)O.C=CC(N)CC[C@H](N)C(=O)O. The monoisotopic (exact) mass is 316 g/mol. The fourth-order valence-corrected chi connectivity index (χ4v) is 1.23. The Hall–Kier alpha value is -1.74. The van der Waals surface area contributed by atoms with E-state index in [4.69, 9.17) is 33.1 Å². The lowest BCUT2D eigenvalue weighted by atomic mass is 10.1. The van der Waals surface area contributed by atoms with Crippen LogP contribution in [0.3, 0.4) is 0 Å². The first kappa shape index (κ1) is 22.5. The third-order valence-corrected chi connectivity index (χ3v) is 2.86. The second-order valence-corrected chi connectivity index (χ2v) is 4.84.